The zero-order chi connectivity index (χ0) is 13.5. The van der Waals surface area contributed by atoms with Gasteiger partial charge in [-0.25, -0.2) is 15.0 Å². The predicted octanol–water partition coefficient (Wildman–Crippen LogP) is 0.464. The van der Waals surface area contributed by atoms with E-state index in [4.69, 9.17) is 5.73 Å². The van der Waals surface area contributed by atoms with E-state index in [1.165, 1.54) is 6.21 Å². The van der Waals surface area contributed by atoms with E-state index < -0.39 is 12.1 Å². The van der Waals surface area contributed by atoms with Gasteiger partial charge in [0.25, 0.3) is 0 Å². The number of hydrogen-bond donors (Lipinski definition) is 3. The molecule has 1 aromatic carbocycles. The van der Waals surface area contributed by atoms with Crippen LogP contribution in [0.15, 0.2) is 29.4 Å². The van der Waals surface area contributed by atoms with E-state index in [0.717, 1.165) is 11.3 Å². The number of imide groups is 1. The number of carbonyl (C=O) groups excluding carboxylic acids is 2. The maximum atomic E-state index is 10.9. The summed E-state index contributed by atoms with van der Waals surface area (Å²) in [6.45, 7) is 0. The molecular weight excluding hydrogens is 234 g/mol. The summed E-state index contributed by atoms with van der Waals surface area (Å²) in [5, 5.41) is 5.48. The summed E-state index contributed by atoms with van der Waals surface area (Å²) >= 11 is 0. The monoisotopic (exact) mass is 249 g/mol. The highest BCUT2D eigenvalue weighted by molar-refractivity contribution is 5.93. The van der Waals surface area contributed by atoms with Crippen LogP contribution in [0.25, 0.3) is 0 Å². The number of primary amides is 1. The van der Waals surface area contributed by atoms with Crippen molar-refractivity contribution in [3.63, 3.8) is 0 Å². The third kappa shape index (κ3) is 4.52. The molecule has 4 amide bonds. The molecule has 96 valence electrons. The SMILES string of the molecule is CN(C)c1ccc(C=NNC(=O)NC(N)=O)cc1. The molecule has 0 atom stereocenters. The molecule has 0 aliphatic heterocycles. The molecule has 0 aliphatic rings. The van der Waals surface area contributed by atoms with E-state index in [9.17, 15) is 9.59 Å². The fourth-order valence-corrected chi connectivity index (χ4v) is 1.16. The van der Waals surface area contributed by atoms with E-state index in [0.29, 0.717) is 0 Å². The molecule has 0 unspecified atom stereocenters. The van der Waals surface area contributed by atoms with Gasteiger partial charge in [0.1, 0.15) is 0 Å². The summed E-state index contributed by atoms with van der Waals surface area (Å²) in [7, 11) is 3.89. The molecule has 0 heterocycles. The molecule has 0 saturated carbocycles. The van der Waals surface area contributed by atoms with Crippen LogP contribution in [0.2, 0.25) is 0 Å². The summed E-state index contributed by atoms with van der Waals surface area (Å²) in [4.78, 5) is 23.3. The van der Waals surface area contributed by atoms with Gasteiger partial charge < -0.3 is 10.6 Å². The number of benzene rings is 1. The van der Waals surface area contributed by atoms with Crippen molar-refractivity contribution in [3.8, 4) is 0 Å². The molecule has 0 bridgehead atoms. The Balaban J connectivity index is 2.52. The Hall–Kier alpha value is -2.57. The van der Waals surface area contributed by atoms with Crippen molar-refractivity contribution in [2.75, 3.05) is 19.0 Å². The first kappa shape index (κ1) is 13.5. The second-order valence-electron chi connectivity index (χ2n) is 3.67. The highest BCUT2D eigenvalue weighted by Gasteiger charge is 2.00. The van der Waals surface area contributed by atoms with E-state index >= 15 is 0 Å². The van der Waals surface area contributed by atoms with Gasteiger partial charge in [-0.05, 0) is 17.7 Å². The topological polar surface area (TPSA) is 99.8 Å². The molecule has 0 saturated heterocycles. The predicted molar refractivity (Wildman–Crippen MR) is 69.6 cm³/mol. The van der Waals surface area contributed by atoms with Crippen LogP contribution < -0.4 is 21.4 Å². The Morgan fingerprint density at radius 2 is 1.89 bits per heavy atom. The van der Waals surface area contributed by atoms with Crippen LogP contribution in [0.4, 0.5) is 15.3 Å². The molecule has 7 nitrogen and oxygen atoms in total. The quantitative estimate of drug-likeness (QED) is 0.536. The van der Waals surface area contributed by atoms with Crippen molar-refractivity contribution < 1.29 is 9.59 Å². The van der Waals surface area contributed by atoms with Crippen LogP contribution in [0.3, 0.4) is 0 Å². The van der Waals surface area contributed by atoms with Crippen LogP contribution in [0.1, 0.15) is 5.56 Å². The molecule has 0 spiro atoms. The highest BCUT2D eigenvalue weighted by Crippen LogP contribution is 2.10. The number of hydrazone groups is 1. The van der Waals surface area contributed by atoms with Crippen molar-refractivity contribution in [1.82, 2.24) is 10.7 Å². The van der Waals surface area contributed by atoms with Gasteiger partial charge in [0.15, 0.2) is 0 Å². The van der Waals surface area contributed by atoms with Crippen molar-refractivity contribution >= 4 is 24.0 Å². The lowest BCUT2D eigenvalue weighted by Gasteiger charge is -2.11. The van der Waals surface area contributed by atoms with Crippen LogP contribution in [0.5, 0.6) is 0 Å². The molecular formula is C11H15N5O2. The molecule has 0 radical (unpaired) electrons. The maximum Gasteiger partial charge on any atom is 0.343 e. The molecule has 1 rings (SSSR count). The van der Waals surface area contributed by atoms with Crippen LogP contribution in [0, 0.1) is 0 Å². The standard InChI is InChI=1S/C11H15N5O2/c1-16(2)9-5-3-8(4-6-9)7-13-15-11(18)14-10(12)17/h3-7H,1-2H3,(H4,12,14,15,17,18). The lowest BCUT2D eigenvalue weighted by molar-refractivity contribution is 0.232. The summed E-state index contributed by atoms with van der Waals surface area (Å²) in [6.07, 6.45) is 1.46. The number of anilines is 1. The van der Waals surface area contributed by atoms with Gasteiger partial charge in [-0.3, -0.25) is 5.32 Å². The number of nitrogens with zero attached hydrogens (tertiary/aromatic N) is 2. The fraction of sp³-hybridized carbons (Fsp3) is 0.182. The average molecular weight is 249 g/mol. The van der Waals surface area contributed by atoms with E-state index in [2.05, 4.69) is 10.5 Å². The lowest BCUT2D eigenvalue weighted by Crippen LogP contribution is -2.40. The van der Waals surface area contributed by atoms with Crippen molar-refractivity contribution in [2.45, 2.75) is 0 Å². The largest absolute Gasteiger partial charge is 0.378 e. The molecule has 0 aromatic heterocycles. The van der Waals surface area contributed by atoms with E-state index in [1.54, 1.807) is 0 Å². The number of nitrogens with one attached hydrogen (secondary N) is 2. The van der Waals surface area contributed by atoms with Gasteiger partial charge in [0.05, 0.1) is 6.21 Å². The Labute approximate surface area is 105 Å². The van der Waals surface area contributed by atoms with Gasteiger partial charge in [-0.2, -0.15) is 5.10 Å². The summed E-state index contributed by atoms with van der Waals surface area (Å²) in [5.74, 6) is 0. The molecule has 1 aromatic rings. The zero-order valence-corrected chi connectivity index (χ0v) is 10.2. The number of carbonyl (C=O) groups is 2. The Morgan fingerprint density at radius 3 is 2.39 bits per heavy atom. The maximum absolute atomic E-state index is 10.9. The Morgan fingerprint density at radius 1 is 1.28 bits per heavy atom. The fourth-order valence-electron chi connectivity index (χ4n) is 1.16. The number of rotatable bonds is 3. The summed E-state index contributed by atoms with van der Waals surface area (Å²) < 4.78 is 0. The van der Waals surface area contributed by atoms with Crippen LogP contribution in [-0.4, -0.2) is 32.4 Å². The summed E-state index contributed by atoms with van der Waals surface area (Å²) in [5.41, 5.74) is 8.74. The normalized spacial score (nSPS) is 10.1. The minimum Gasteiger partial charge on any atom is -0.378 e. The van der Waals surface area contributed by atoms with Gasteiger partial charge in [0.2, 0.25) is 0 Å². The van der Waals surface area contributed by atoms with Gasteiger partial charge in [0, 0.05) is 19.8 Å². The number of urea groups is 2. The Bertz CT molecular complexity index is 453. The first-order valence-electron chi connectivity index (χ1n) is 5.16. The summed E-state index contributed by atoms with van der Waals surface area (Å²) in [6, 6.07) is 5.84. The third-order valence-corrected chi connectivity index (χ3v) is 2.03. The average Bonchev–Trinajstić information content (AvgIpc) is 2.28. The smallest absolute Gasteiger partial charge is 0.343 e. The number of hydrogen-bond acceptors (Lipinski definition) is 4. The molecule has 7 heteroatoms. The number of nitrogens with two attached hydrogens (primary N) is 1. The zero-order valence-electron chi connectivity index (χ0n) is 10.2. The minimum absolute atomic E-state index is 0.774. The lowest BCUT2D eigenvalue weighted by atomic mass is 10.2. The van der Waals surface area contributed by atoms with Crippen molar-refractivity contribution in [2.24, 2.45) is 10.8 Å². The van der Waals surface area contributed by atoms with Gasteiger partial charge in [-0.1, -0.05) is 12.1 Å². The molecule has 0 fully saturated rings. The van der Waals surface area contributed by atoms with E-state index in [1.807, 2.05) is 48.6 Å². The molecule has 4 N–H and O–H groups in total. The second kappa shape index (κ2) is 6.24. The van der Waals surface area contributed by atoms with Crippen molar-refractivity contribution in [1.29, 1.82) is 0 Å². The van der Waals surface area contributed by atoms with Crippen LogP contribution in [-0.2, 0) is 0 Å². The second-order valence-corrected chi connectivity index (χ2v) is 3.67. The first-order chi connectivity index (χ1) is 8.49. The number of amides is 4. The van der Waals surface area contributed by atoms with Gasteiger partial charge >= 0.3 is 12.1 Å². The van der Waals surface area contributed by atoms with E-state index in [-0.39, 0.29) is 0 Å². The molecule has 0 aliphatic carbocycles. The highest BCUT2D eigenvalue weighted by atomic mass is 16.2. The van der Waals surface area contributed by atoms with Crippen molar-refractivity contribution in [3.05, 3.63) is 29.8 Å². The van der Waals surface area contributed by atoms with Gasteiger partial charge in [-0.15, -0.1) is 0 Å². The molecule has 18 heavy (non-hydrogen) atoms. The Kier molecular flexibility index (Phi) is 4.67. The first-order valence-corrected chi connectivity index (χ1v) is 5.16. The third-order valence-electron chi connectivity index (χ3n) is 2.03. The minimum atomic E-state index is -0.932. The van der Waals surface area contributed by atoms with Crippen LogP contribution >= 0.6 is 0 Å².